The van der Waals surface area contributed by atoms with E-state index in [1.807, 2.05) is 0 Å². The van der Waals surface area contributed by atoms with Crippen molar-refractivity contribution < 1.29 is 33.2 Å². The Morgan fingerprint density at radius 1 is 0.953 bits per heavy atom. The molecule has 0 spiro atoms. The molecule has 2 aromatic rings. The van der Waals surface area contributed by atoms with Crippen LogP contribution in [0.5, 0.6) is 5.75 Å². The highest BCUT2D eigenvalue weighted by Gasteiger charge is 2.18. The molecular weight excluding hydrogens is 555 g/mol. The number of nitrogens with zero attached hydrogens (tertiary/aromatic N) is 4. The quantitative estimate of drug-likeness (QED) is 0.0658. The molecule has 0 saturated heterocycles. The average molecular weight is 601 g/mol. The maximum Gasteiger partial charge on any atom is 0.303 e. The number of azide groups is 1. The highest BCUT2D eigenvalue weighted by atomic mass is 19.1. The summed E-state index contributed by atoms with van der Waals surface area (Å²) in [6, 6.07) is 9.13. The molecule has 1 atom stereocenters. The second-order valence-corrected chi connectivity index (χ2v) is 10.7. The second-order valence-electron chi connectivity index (χ2n) is 10.7. The molecule has 1 aromatic heterocycles. The number of carboxylic acids is 1. The maximum absolute atomic E-state index is 14.8. The van der Waals surface area contributed by atoms with Gasteiger partial charge in [-0.3, -0.25) is 9.78 Å². The van der Waals surface area contributed by atoms with Gasteiger partial charge < -0.3 is 24.1 Å². The molecule has 1 N–H and O–H groups in total. The van der Waals surface area contributed by atoms with Crippen LogP contribution in [0.1, 0.15) is 79.8 Å². The lowest BCUT2D eigenvalue weighted by Gasteiger charge is -2.17. The molecule has 0 amide bonds. The molecule has 1 aliphatic rings. The molecule has 43 heavy (non-hydrogen) atoms. The molecule has 10 nitrogen and oxygen atoms in total. The van der Waals surface area contributed by atoms with Crippen LogP contribution in [0, 0.1) is 5.82 Å². The summed E-state index contributed by atoms with van der Waals surface area (Å²) in [7, 11) is 0. The van der Waals surface area contributed by atoms with E-state index in [1.54, 1.807) is 12.1 Å². The van der Waals surface area contributed by atoms with E-state index in [2.05, 4.69) is 22.2 Å². The molecule has 1 aliphatic carbocycles. The van der Waals surface area contributed by atoms with E-state index in [4.69, 9.17) is 29.5 Å². The van der Waals surface area contributed by atoms with Crippen molar-refractivity contribution in [2.45, 2.75) is 76.5 Å². The van der Waals surface area contributed by atoms with Crippen molar-refractivity contribution in [3.8, 4) is 5.75 Å². The average Bonchev–Trinajstić information content (AvgIpc) is 3.01. The lowest BCUT2D eigenvalue weighted by molar-refractivity contribution is -0.137. The number of ether oxygens (including phenoxy) is 4. The summed E-state index contributed by atoms with van der Waals surface area (Å²) in [4.78, 5) is 19.0. The van der Waals surface area contributed by atoms with Crippen molar-refractivity contribution in [3.63, 3.8) is 0 Å². The maximum atomic E-state index is 14.8. The Bertz CT molecular complexity index is 1160. The predicted octanol–water partition coefficient (Wildman–Crippen LogP) is 6.59. The smallest absolute Gasteiger partial charge is 0.303 e. The summed E-state index contributed by atoms with van der Waals surface area (Å²) in [6.07, 6.45) is 10.4. The van der Waals surface area contributed by atoms with E-state index in [-0.39, 0.29) is 31.3 Å². The first-order chi connectivity index (χ1) is 21.1. The zero-order valence-corrected chi connectivity index (χ0v) is 25.1. The van der Waals surface area contributed by atoms with Crippen molar-refractivity contribution in [1.29, 1.82) is 0 Å². The number of aryl methyl sites for hydroxylation is 3. The Balaban J connectivity index is 1.29. The first kappa shape index (κ1) is 34.3. The molecule has 0 saturated carbocycles. The first-order valence-electron chi connectivity index (χ1n) is 15.4. The van der Waals surface area contributed by atoms with Gasteiger partial charge in [0, 0.05) is 22.8 Å². The number of aromatic nitrogens is 1. The van der Waals surface area contributed by atoms with Gasteiger partial charge in [-0.25, -0.2) is 4.39 Å². The Morgan fingerprint density at radius 3 is 2.42 bits per heavy atom. The van der Waals surface area contributed by atoms with E-state index in [0.717, 1.165) is 44.9 Å². The minimum atomic E-state index is -0.886. The number of aliphatic carboxylic acids is 1. The van der Waals surface area contributed by atoms with Gasteiger partial charge >= 0.3 is 5.97 Å². The zero-order chi connectivity index (χ0) is 30.5. The van der Waals surface area contributed by atoms with Crippen LogP contribution in [-0.2, 0) is 38.3 Å². The van der Waals surface area contributed by atoms with Crippen LogP contribution in [0.3, 0.4) is 0 Å². The summed E-state index contributed by atoms with van der Waals surface area (Å²) in [5.74, 6) is -1.52. The number of hydrogen-bond donors (Lipinski definition) is 1. The zero-order valence-electron chi connectivity index (χ0n) is 25.1. The van der Waals surface area contributed by atoms with Gasteiger partial charge in [-0.2, -0.15) is 0 Å². The first-order valence-corrected chi connectivity index (χ1v) is 15.4. The van der Waals surface area contributed by atoms with Crippen LogP contribution in [0.4, 0.5) is 4.39 Å². The number of halogens is 1. The summed E-state index contributed by atoms with van der Waals surface area (Å²) >= 11 is 0. The van der Waals surface area contributed by atoms with Crippen molar-refractivity contribution in [2.24, 2.45) is 5.11 Å². The van der Waals surface area contributed by atoms with Crippen LogP contribution in [0.2, 0.25) is 0 Å². The van der Waals surface area contributed by atoms with Gasteiger partial charge in [0.15, 0.2) is 11.6 Å². The van der Waals surface area contributed by atoms with Crippen LogP contribution in [0.25, 0.3) is 10.4 Å². The van der Waals surface area contributed by atoms with Crippen molar-refractivity contribution >= 4 is 5.97 Å². The van der Waals surface area contributed by atoms with Crippen molar-refractivity contribution in [3.05, 3.63) is 69.1 Å². The van der Waals surface area contributed by atoms with Crippen molar-refractivity contribution in [2.75, 3.05) is 52.8 Å². The molecule has 0 aliphatic heterocycles. The fourth-order valence-corrected chi connectivity index (χ4v) is 5.21. The summed E-state index contributed by atoms with van der Waals surface area (Å²) in [5.41, 5.74) is 12.7. The van der Waals surface area contributed by atoms with E-state index >= 15 is 0 Å². The van der Waals surface area contributed by atoms with E-state index < -0.39 is 11.8 Å². The van der Waals surface area contributed by atoms with Gasteiger partial charge in [-0.1, -0.05) is 36.5 Å². The molecule has 1 aromatic carbocycles. The summed E-state index contributed by atoms with van der Waals surface area (Å²) < 4.78 is 36.3. The number of fused-ring (bicyclic) bond motifs is 1. The van der Waals surface area contributed by atoms with Gasteiger partial charge in [0.05, 0.1) is 46.1 Å². The van der Waals surface area contributed by atoms with E-state index in [9.17, 15) is 14.3 Å². The number of carbonyl (C=O) groups is 1. The van der Waals surface area contributed by atoms with Crippen LogP contribution in [0.15, 0.2) is 35.4 Å². The molecule has 0 fully saturated rings. The molecule has 11 heteroatoms. The number of benzene rings is 1. The second kappa shape index (κ2) is 20.6. The van der Waals surface area contributed by atoms with Crippen LogP contribution in [-0.4, -0.2) is 68.9 Å². The number of pyridine rings is 1. The molecule has 3 rings (SSSR count). The molecule has 0 unspecified atom stereocenters. The number of rotatable bonds is 23. The number of hydrogen-bond acceptors (Lipinski definition) is 7. The Labute approximate surface area is 253 Å². The Hall–Kier alpha value is -3.24. The third kappa shape index (κ3) is 13.7. The van der Waals surface area contributed by atoms with Gasteiger partial charge in [0.1, 0.15) is 6.61 Å². The third-order valence-corrected chi connectivity index (χ3v) is 7.45. The van der Waals surface area contributed by atoms with Crippen LogP contribution >= 0.6 is 0 Å². The van der Waals surface area contributed by atoms with Gasteiger partial charge in [-0.05, 0) is 85.7 Å². The lowest BCUT2D eigenvalue weighted by atomic mass is 9.90. The summed E-state index contributed by atoms with van der Waals surface area (Å²) in [6.45, 7) is 2.67. The van der Waals surface area contributed by atoms with Crippen molar-refractivity contribution in [1.82, 2.24) is 4.98 Å². The van der Waals surface area contributed by atoms with Gasteiger partial charge in [0.2, 0.25) is 0 Å². The topological polar surface area (TPSA) is 136 Å². The normalized spacial score (nSPS) is 13.2. The Kier molecular flexibility index (Phi) is 16.4. The van der Waals surface area contributed by atoms with Crippen LogP contribution < -0.4 is 4.74 Å². The highest BCUT2D eigenvalue weighted by molar-refractivity contribution is 5.68. The van der Waals surface area contributed by atoms with E-state index in [1.165, 1.54) is 35.9 Å². The third-order valence-electron chi connectivity index (χ3n) is 7.45. The fraction of sp³-hybridized carbons (Fsp3) is 0.625. The summed E-state index contributed by atoms with van der Waals surface area (Å²) in [5, 5.41) is 12.8. The predicted molar refractivity (Wildman–Crippen MR) is 161 cm³/mol. The van der Waals surface area contributed by atoms with Gasteiger partial charge in [0.25, 0.3) is 0 Å². The molecule has 236 valence electrons. The minimum absolute atomic E-state index is 0.0313. The largest absolute Gasteiger partial charge is 0.488 e. The molecule has 1 heterocycles. The Morgan fingerprint density at radius 2 is 1.67 bits per heavy atom. The molecule has 0 bridgehead atoms. The molecular formula is C32H45FN4O6. The SMILES string of the molecule is [N-]=[N+]=NCCOCCOCCOCCOc1ccc([C@@H](CCCCCCc2ccc3c(n2)CCCC3)CC(=O)O)cc1F. The fourth-order valence-electron chi connectivity index (χ4n) is 5.21. The number of carboxylic acid groups (broad SMARTS) is 1. The molecule has 0 radical (unpaired) electrons. The standard InChI is InChI=1S/C32H45FN4O6/c33-29-23-27(12-14-31(29)43-22-21-42-20-19-41-18-17-40-16-15-35-37-34)26(24-32(38)39)8-3-1-2-4-9-28-13-11-25-7-5-6-10-30(25)36-28/h11-14,23,26H,1-10,15-22,24H2,(H,38,39)/t26-/m0/s1. The number of unbranched alkanes of at least 4 members (excludes halogenated alkanes) is 3. The monoisotopic (exact) mass is 600 g/mol. The highest BCUT2D eigenvalue weighted by Crippen LogP contribution is 2.30. The lowest BCUT2D eigenvalue weighted by Crippen LogP contribution is -2.13. The van der Waals surface area contributed by atoms with E-state index in [0.29, 0.717) is 51.6 Å². The minimum Gasteiger partial charge on any atom is -0.488 e. The van der Waals surface area contributed by atoms with Gasteiger partial charge in [-0.15, -0.1) is 0 Å².